The van der Waals surface area contributed by atoms with Gasteiger partial charge >= 0.3 is 6.03 Å². The number of benzene rings is 1. The van der Waals surface area contributed by atoms with Crippen LogP contribution in [0.1, 0.15) is 0 Å². The Morgan fingerprint density at radius 3 is 1.88 bits per heavy atom. The third kappa shape index (κ3) is 5.13. The lowest BCUT2D eigenvalue weighted by Crippen LogP contribution is -2.50. The summed E-state index contributed by atoms with van der Waals surface area (Å²) < 4.78 is 10.6. The SMILES string of the molecule is COc1cc(NC(=O)N2CCN(c3cc(N4CCN(C)CC4)ncn3)CC2)cc(OC)c1. The first kappa shape index (κ1) is 21.9. The van der Waals surface area contributed by atoms with Crippen molar-refractivity contribution in [1.82, 2.24) is 19.8 Å². The molecule has 1 aromatic heterocycles. The van der Waals surface area contributed by atoms with Crippen LogP contribution in [-0.2, 0) is 0 Å². The zero-order valence-electron chi connectivity index (χ0n) is 19.0. The van der Waals surface area contributed by atoms with Crippen LogP contribution in [-0.4, -0.2) is 99.4 Å². The average molecular weight is 442 g/mol. The minimum Gasteiger partial charge on any atom is -0.497 e. The maximum Gasteiger partial charge on any atom is 0.321 e. The molecule has 2 aliphatic heterocycles. The van der Waals surface area contributed by atoms with Crippen LogP contribution in [0.2, 0.25) is 0 Å². The molecule has 10 nitrogen and oxygen atoms in total. The molecule has 32 heavy (non-hydrogen) atoms. The third-order valence-electron chi connectivity index (χ3n) is 5.96. The Morgan fingerprint density at radius 1 is 0.812 bits per heavy atom. The van der Waals surface area contributed by atoms with Gasteiger partial charge in [0, 0.05) is 82.3 Å². The molecule has 2 saturated heterocycles. The van der Waals surface area contributed by atoms with E-state index in [-0.39, 0.29) is 6.03 Å². The van der Waals surface area contributed by atoms with Gasteiger partial charge in [0.1, 0.15) is 29.5 Å². The fraction of sp³-hybridized carbons (Fsp3) is 0.500. The second kappa shape index (κ2) is 9.90. The normalized spacial score (nSPS) is 17.3. The molecular weight excluding hydrogens is 410 g/mol. The molecule has 10 heteroatoms. The molecule has 4 rings (SSSR count). The van der Waals surface area contributed by atoms with E-state index < -0.39 is 0 Å². The number of hydrogen-bond acceptors (Lipinski definition) is 8. The smallest absolute Gasteiger partial charge is 0.321 e. The number of amides is 2. The second-order valence-electron chi connectivity index (χ2n) is 8.03. The van der Waals surface area contributed by atoms with E-state index in [1.54, 1.807) is 38.7 Å². The molecule has 0 atom stereocenters. The molecule has 172 valence electrons. The van der Waals surface area contributed by atoms with Gasteiger partial charge in [0.25, 0.3) is 0 Å². The van der Waals surface area contributed by atoms with Gasteiger partial charge in [-0.15, -0.1) is 0 Å². The first-order chi connectivity index (χ1) is 15.6. The van der Waals surface area contributed by atoms with Crippen LogP contribution >= 0.6 is 0 Å². The van der Waals surface area contributed by atoms with Crippen molar-refractivity contribution in [2.24, 2.45) is 0 Å². The van der Waals surface area contributed by atoms with E-state index in [1.807, 2.05) is 4.90 Å². The van der Waals surface area contributed by atoms with Crippen LogP contribution in [0.5, 0.6) is 11.5 Å². The van der Waals surface area contributed by atoms with E-state index in [0.29, 0.717) is 43.4 Å². The van der Waals surface area contributed by atoms with Crippen LogP contribution < -0.4 is 24.6 Å². The topological polar surface area (TPSA) is 86.3 Å². The number of aromatic nitrogens is 2. The Balaban J connectivity index is 1.34. The van der Waals surface area contributed by atoms with Crippen molar-refractivity contribution in [3.05, 3.63) is 30.6 Å². The summed E-state index contributed by atoms with van der Waals surface area (Å²) in [5, 5.41) is 2.94. The molecule has 2 fully saturated rings. The van der Waals surface area contributed by atoms with Crippen molar-refractivity contribution in [3.63, 3.8) is 0 Å². The van der Waals surface area contributed by atoms with E-state index in [4.69, 9.17) is 9.47 Å². The summed E-state index contributed by atoms with van der Waals surface area (Å²) in [7, 11) is 5.31. The number of methoxy groups -OCH3 is 2. The van der Waals surface area contributed by atoms with E-state index in [0.717, 1.165) is 37.8 Å². The lowest BCUT2D eigenvalue weighted by atomic mass is 10.2. The predicted molar refractivity (Wildman–Crippen MR) is 124 cm³/mol. The van der Waals surface area contributed by atoms with E-state index in [1.165, 1.54) is 0 Å². The van der Waals surface area contributed by atoms with Crippen molar-refractivity contribution in [2.45, 2.75) is 0 Å². The lowest BCUT2D eigenvalue weighted by molar-refractivity contribution is 0.208. The van der Waals surface area contributed by atoms with Gasteiger partial charge in [-0.3, -0.25) is 0 Å². The molecule has 0 aliphatic carbocycles. The van der Waals surface area contributed by atoms with Crippen molar-refractivity contribution < 1.29 is 14.3 Å². The summed E-state index contributed by atoms with van der Waals surface area (Å²) in [6.07, 6.45) is 1.64. The molecular formula is C22H31N7O3. The fourth-order valence-electron chi connectivity index (χ4n) is 3.94. The predicted octanol–water partition coefficient (Wildman–Crippen LogP) is 1.60. The van der Waals surface area contributed by atoms with Crippen LogP contribution in [0, 0.1) is 0 Å². The van der Waals surface area contributed by atoms with Crippen molar-refractivity contribution in [1.29, 1.82) is 0 Å². The molecule has 2 amide bonds. The number of nitrogens with zero attached hydrogens (tertiary/aromatic N) is 6. The highest BCUT2D eigenvalue weighted by Gasteiger charge is 2.23. The number of anilines is 3. The Bertz CT molecular complexity index is 903. The summed E-state index contributed by atoms with van der Waals surface area (Å²) in [6, 6.07) is 7.24. The zero-order valence-corrected chi connectivity index (χ0v) is 19.0. The van der Waals surface area contributed by atoms with Gasteiger partial charge in [-0.25, -0.2) is 14.8 Å². The van der Waals surface area contributed by atoms with Gasteiger partial charge in [0.15, 0.2) is 0 Å². The monoisotopic (exact) mass is 441 g/mol. The molecule has 0 spiro atoms. The van der Waals surface area contributed by atoms with Gasteiger partial charge in [-0.05, 0) is 7.05 Å². The zero-order chi connectivity index (χ0) is 22.5. The van der Waals surface area contributed by atoms with Crippen molar-refractivity contribution in [2.75, 3.05) is 88.7 Å². The molecule has 2 aromatic rings. The number of carbonyl (C=O) groups excluding carboxylic acids is 1. The van der Waals surface area contributed by atoms with Gasteiger partial charge in [0.2, 0.25) is 0 Å². The number of ether oxygens (including phenoxy) is 2. The number of hydrogen-bond donors (Lipinski definition) is 1. The minimum absolute atomic E-state index is 0.138. The average Bonchev–Trinajstić information content (AvgIpc) is 2.84. The number of piperazine rings is 2. The minimum atomic E-state index is -0.138. The molecule has 0 bridgehead atoms. The number of likely N-dealkylation sites (N-methyl/N-ethyl adjacent to an activating group) is 1. The highest BCUT2D eigenvalue weighted by atomic mass is 16.5. The lowest BCUT2D eigenvalue weighted by Gasteiger charge is -2.36. The number of rotatable bonds is 5. The molecule has 1 N–H and O–H groups in total. The van der Waals surface area contributed by atoms with E-state index >= 15 is 0 Å². The summed E-state index contributed by atoms with van der Waals surface area (Å²) in [6.45, 7) is 6.66. The Kier molecular flexibility index (Phi) is 6.79. The summed E-state index contributed by atoms with van der Waals surface area (Å²) >= 11 is 0. The quantitative estimate of drug-likeness (QED) is 0.749. The molecule has 0 radical (unpaired) electrons. The third-order valence-corrected chi connectivity index (χ3v) is 5.96. The molecule has 2 aliphatic rings. The first-order valence-electron chi connectivity index (χ1n) is 10.8. The largest absolute Gasteiger partial charge is 0.497 e. The highest BCUT2D eigenvalue weighted by Crippen LogP contribution is 2.26. The van der Waals surface area contributed by atoms with E-state index in [9.17, 15) is 4.79 Å². The number of carbonyl (C=O) groups is 1. The maximum absolute atomic E-state index is 12.8. The number of nitrogens with one attached hydrogen (secondary N) is 1. The van der Waals surface area contributed by atoms with Gasteiger partial charge < -0.3 is 34.4 Å². The Hall–Kier alpha value is -3.27. The number of urea groups is 1. The molecule has 1 aromatic carbocycles. The van der Waals surface area contributed by atoms with E-state index in [2.05, 4.69) is 43.1 Å². The van der Waals surface area contributed by atoms with Gasteiger partial charge in [-0.2, -0.15) is 0 Å². The summed E-state index contributed by atoms with van der Waals surface area (Å²) in [5.41, 5.74) is 0.640. The maximum atomic E-state index is 12.8. The van der Waals surface area contributed by atoms with Crippen LogP contribution in [0.25, 0.3) is 0 Å². The standard InChI is InChI=1S/C22H31N7O3/c1-26-4-6-27(7-5-26)20-15-21(24-16-23-20)28-8-10-29(11-9-28)22(30)25-17-12-18(31-2)14-19(13-17)32-3/h12-16H,4-11H2,1-3H3,(H,25,30). The van der Waals surface area contributed by atoms with Crippen LogP contribution in [0.15, 0.2) is 30.6 Å². The fourth-order valence-corrected chi connectivity index (χ4v) is 3.94. The second-order valence-corrected chi connectivity index (χ2v) is 8.03. The Labute approximate surface area is 188 Å². The molecule has 0 saturated carbocycles. The van der Waals surface area contributed by atoms with Gasteiger partial charge in [-0.1, -0.05) is 0 Å². The van der Waals surface area contributed by atoms with Gasteiger partial charge in [0.05, 0.1) is 14.2 Å². The highest BCUT2D eigenvalue weighted by molar-refractivity contribution is 5.90. The van der Waals surface area contributed by atoms with Crippen LogP contribution in [0.3, 0.4) is 0 Å². The molecule has 3 heterocycles. The Morgan fingerprint density at radius 2 is 1.34 bits per heavy atom. The molecule has 0 unspecified atom stereocenters. The van der Waals surface area contributed by atoms with Crippen LogP contribution in [0.4, 0.5) is 22.1 Å². The first-order valence-corrected chi connectivity index (χ1v) is 10.8. The van der Waals surface area contributed by atoms with Crippen molar-refractivity contribution in [3.8, 4) is 11.5 Å². The van der Waals surface area contributed by atoms with Crippen molar-refractivity contribution >= 4 is 23.4 Å². The summed E-state index contributed by atoms with van der Waals surface area (Å²) in [5.74, 6) is 3.13. The summed E-state index contributed by atoms with van der Waals surface area (Å²) in [4.78, 5) is 30.4.